The van der Waals surface area contributed by atoms with Gasteiger partial charge in [0.25, 0.3) is 0 Å². The van der Waals surface area contributed by atoms with Gasteiger partial charge < -0.3 is 9.47 Å². The molecule has 1 aromatic rings. The molecule has 0 aliphatic carbocycles. The Bertz CT molecular complexity index is 402. The van der Waals surface area contributed by atoms with Crippen LogP contribution in [-0.2, 0) is 4.74 Å². The highest BCUT2D eigenvalue weighted by Gasteiger charge is 2.23. The minimum absolute atomic E-state index is 0.119. The fraction of sp³-hybridized carbons (Fsp3) is 0.300. The summed E-state index contributed by atoms with van der Waals surface area (Å²) >= 11 is 0. The van der Waals surface area contributed by atoms with Crippen molar-refractivity contribution in [3.63, 3.8) is 0 Å². The maximum absolute atomic E-state index is 13.5. The normalized spacial score (nSPS) is 9.93. The topological polar surface area (TPSA) is 35.5 Å². The first-order valence-electron chi connectivity index (χ1n) is 4.13. The van der Waals surface area contributed by atoms with Crippen LogP contribution in [0.15, 0.2) is 6.07 Å². The first-order chi connectivity index (χ1) is 7.02. The number of carbonyl (C=O) groups is 1. The van der Waals surface area contributed by atoms with E-state index >= 15 is 0 Å². The van der Waals surface area contributed by atoms with E-state index in [2.05, 4.69) is 9.47 Å². The highest BCUT2D eigenvalue weighted by molar-refractivity contribution is 5.90. The van der Waals surface area contributed by atoms with Crippen molar-refractivity contribution in [1.29, 1.82) is 0 Å². The molecule has 0 atom stereocenters. The van der Waals surface area contributed by atoms with Gasteiger partial charge in [-0.15, -0.1) is 0 Å². The number of esters is 1. The smallest absolute Gasteiger partial charge is 0.344 e. The van der Waals surface area contributed by atoms with E-state index < -0.39 is 23.2 Å². The first kappa shape index (κ1) is 11.4. The molecule has 0 aliphatic heterocycles. The minimum atomic E-state index is -1.06. The van der Waals surface area contributed by atoms with E-state index in [0.717, 1.165) is 7.11 Å². The predicted octanol–water partition coefficient (Wildman–Crippen LogP) is 2.07. The monoisotopic (exact) mass is 216 g/mol. The van der Waals surface area contributed by atoms with Crippen molar-refractivity contribution >= 4 is 5.97 Å². The van der Waals surface area contributed by atoms with Crippen LogP contribution in [0.3, 0.4) is 0 Å². The molecular weight excluding hydrogens is 206 g/mol. The zero-order chi connectivity index (χ0) is 11.6. The van der Waals surface area contributed by atoms with Crippen LogP contribution in [0.2, 0.25) is 0 Å². The van der Waals surface area contributed by atoms with Crippen molar-refractivity contribution in [3.8, 4) is 5.75 Å². The number of aryl methyl sites for hydroxylation is 1. The Hall–Kier alpha value is -1.65. The fourth-order valence-electron chi connectivity index (χ4n) is 1.17. The minimum Gasteiger partial charge on any atom is -0.494 e. The fourth-order valence-corrected chi connectivity index (χ4v) is 1.17. The summed E-state index contributed by atoms with van der Waals surface area (Å²) in [5, 5.41) is 0. The summed E-state index contributed by atoms with van der Waals surface area (Å²) in [4.78, 5) is 11.1. The Morgan fingerprint density at radius 3 is 2.33 bits per heavy atom. The molecule has 0 fully saturated rings. The maximum atomic E-state index is 13.5. The molecule has 82 valence electrons. The second-order valence-corrected chi connectivity index (χ2v) is 2.89. The van der Waals surface area contributed by atoms with Gasteiger partial charge in [0, 0.05) is 0 Å². The summed E-state index contributed by atoms with van der Waals surface area (Å²) < 4.78 is 35.8. The van der Waals surface area contributed by atoms with Crippen molar-refractivity contribution in [3.05, 3.63) is 28.8 Å². The molecule has 0 bridgehead atoms. The lowest BCUT2D eigenvalue weighted by atomic mass is 10.1. The Balaban J connectivity index is 3.47. The van der Waals surface area contributed by atoms with E-state index in [1.165, 1.54) is 20.1 Å². The number of hydrogen-bond acceptors (Lipinski definition) is 3. The average molecular weight is 216 g/mol. The zero-order valence-corrected chi connectivity index (χ0v) is 8.56. The first-order valence-corrected chi connectivity index (χ1v) is 4.13. The summed E-state index contributed by atoms with van der Waals surface area (Å²) in [7, 11) is 2.28. The Kier molecular flexibility index (Phi) is 3.24. The Morgan fingerprint density at radius 1 is 1.27 bits per heavy atom. The second-order valence-electron chi connectivity index (χ2n) is 2.89. The van der Waals surface area contributed by atoms with Crippen molar-refractivity contribution in [2.45, 2.75) is 6.92 Å². The highest BCUT2D eigenvalue weighted by Crippen LogP contribution is 2.26. The summed E-state index contributed by atoms with van der Waals surface area (Å²) in [6.07, 6.45) is 0. The molecule has 15 heavy (non-hydrogen) atoms. The van der Waals surface area contributed by atoms with Crippen LogP contribution < -0.4 is 4.74 Å². The van der Waals surface area contributed by atoms with E-state index in [4.69, 9.17) is 0 Å². The molecular formula is C10H10F2O3. The Labute approximate surface area is 85.6 Å². The molecule has 3 nitrogen and oxygen atoms in total. The number of benzene rings is 1. The number of ether oxygens (including phenoxy) is 2. The maximum Gasteiger partial charge on any atom is 0.344 e. The lowest BCUT2D eigenvalue weighted by molar-refractivity contribution is 0.0588. The molecule has 1 rings (SSSR count). The number of carbonyl (C=O) groups excluding carboxylic acids is 1. The van der Waals surface area contributed by atoms with Crippen LogP contribution in [0.5, 0.6) is 5.75 Å². The van der Waals surface area contributed by atoms with Crippen molar-refractivity contribution in [1.82, 2.24) is 0 Å². The molecule has 0 saturated carbocycles. The van der Waals surface area contributed by atoms with Gasteiger partial charge in [-0.2, -0.15) is 0 Å². The average Bonchev–Trinajstić information content (AvgIpc) is 2.23. The molecule has 0 radical (unpaired) electrons. The lowest BCUT2D eigenvalue weighted by Gasteiger charge is -2.09. The third-order valence-corrected chi connectivity index (χ3v) is 1.96. The van der Waals surface area contributed by atoms with Gasteiger partial charge in [0.1, 0.15) is 11.4 Å². The van der Waals surface area contributed by atoms with Crippen LogP contribution in [0.4, 0.5) is 8.78 Å². The number of rotatable bonds is 2. The lowest BCUT2D eigenvalue weighted by Crippen LogP contribution is -2.10. The summed E-state index contributed by atoms with van der Waals surface area (Å²) in [5.74, 6) is -3.23. The van der Waals surface area contributed by atoms with Crippen molar-refractivity contribution in [2.24, 2.45) is 0 Å². The van der Waals surface area contributed by atoms with Crippen LogP contribution in [0, 0.1) is 18.6 Å². The molecule has 1 aromatic carbocycles. The third-order valence-electron chi connectivity index (χ3n) is 1.96. The van der Waals surface area contributed by atoms with Crippen LogP contribution in [-0.4, -0.2) is 20.2 Å². The van der Waals surface area contributed by atoms with Crippen LogP contribution >= 0.6 is 0 Å². The molecule has 0 N–H and O–H groups in total. The van der Waals surface area contributed by atoms with E-state index in [9.17, 15) is 13.6 Å². The molecule has 0 saturated heterocycles. The van der Waals surface area contributed by atoms with Crippen molar-refractivity contribution in [2.75, 3.05) is 14.2 Å². The highest BCUT2D eigenvalue weighted by atomic mass is 19.1. The van der Waals surface area contributed by atoms with Gasteiger partial charge in [0.15, 0.2) is 11.6 Å². The van der Waals surface area contributed by atoms with E-state index in [0.29, 0.717) is 0 Å². The van der Waals surface area contributed by atoms with Gasteiger partial charge in [-0.1, -0.05) is 0 Å². The van der Waals surface area contributed by atoms with E-state index in [-0.39, 0.29) is 11.3 Å². The van der Waals surface area contributed by atoms with Gasteiger partial charge in [-0.05, 0) is 18.6 Å². The second kappa shape index (κ2) is 4.25. The van der Waals surface area contributed by atoms with Gasteiger partial charge in [0.05, 0.1) is 14.2 Å². The number of halogens is 2. The quantitative estimate of drug-likeness (QED) is 0.710. The van der Waals surface area contributed by atoms with Crippen molar-refractivity contribution < 1.29 is 23.0 Å². The molecule has 5 heteroatoms. The molecule has 0 aromatic heterocycles. The summed E-state index contributed by atoms with van der Waals surface area (Å²) in [6.45, 7) is 1.41. The van der Waals surface area contributed by atoms with Gasteiger partial charge in [-0.25, -0.2) is 13.6 Å². The largest absolute Gasteiger partial charge is 0.494 e. The number of methoxy groups -OCH3 is 2. The molecule has 0 unspecified atom stereocenters. The van der Waals surface area contributed by atoms with E-state index in [1.54, 1.807) is 0 Å². The van der Waals surface area contributed by atoms with Gasteiger partial charge in [0.2, 0.25) is 0 Å². The number of hydrogen-bond donors (Lipinski definition) is 0. The van der Waals surface area contributed by atoms with Gasteiger partial charge in [-0.3, -0.25) is 0 Å². The SMILES string of the molecule is COC(=O)c1c(F)c(C)cc(OC)c1F. The van der Waals surface area contributed by atoms with Crippen LogP contribution in [0.25, 0.3) is 0 Å². The molecule has 0 aliphatic rings. The third kappa shape index (κ3) is 1.91. The zero-order valence-electron chi connectivity index (χ0n) is 8.56. The predicted molar refractivity (Wildman–Crippen MR) is 49.0 cm³/mol. The molecule has 0 spiro atoms. The summed E-state index contributed by atoms with van der Waals surface area (Å²) in [5.41, 5.74) is -0.608. The summed E-state index contributed by atoms with van der Waals surface area (Å²) in [6, 6.07) is 1.18. The Morgan fingerprint density at radius 2 is 1.87 bits per heavy atom. The molecule has 0 amide bonds. The van der Waals surface area contributed by atoms with Crippen LogP contribution in [0.1, 0.15) is 15.9 Å². The van der Waals surface area contributed by atoms with Gasteiger partial charge >= 0.3 is 5.97 Å². The standard InChI is InChI=1S/C10H10F2O3/c1-5-4-6(14-2)9(12)7(8(5)11)10(13)15-3/h4H,1-3H3. The molecule has 0 heterocycles. The van der Waals surface area contributed by atoms with E-state index in [1.807, 2.05) is 0 Å².